The van der Waals surface area contributed by atoms with Gasteiger partial charge in [0, 0.05) is 28.6 Å². The molecule has 0 bridgehead atoms. The second-order valence-electron chi connectivity index (χ2n) is 2.90. The number of aromatic nitrogens is 2. The van der Waals surface area contributed by atoms with E-state index >= 15 is 0 Å². The van der Waals surface area contributed by atoms with E-state index in [0.29, 0.717) is 15.7 Å². The van der Waals surface area contributed by atoms with Crippen molar-refractivity contribution in [2.75, 3.05) is 0 Å². The molecule has 0 aliphatic heterocycles. The predicted molar refractivity (Wildman–Crippen MR) is 59.6 cm³/mol. The molecule has 15 heavy (non-hydrogen) atoms. The predicted octanol–water partition coefficient (Wildman–Crippen LogP) is 2.47. The molecule has 0 unspecified atom stereocenters. The van der Waals surface area contributed by atoms with E-state index in [1.165, 1.54) is 6.20 Å². The summed E-state index contributed by atoms with van der Waals surface area (Å²) in [6.45, 7) is 0. The maximum absolute atomic E-state index is 11.9. The number of carbonyl (C=O) groups is 1. The van der Waals surface area contributed by atoms with Gasteiger partial charge in [-0.1, -0.05) is 0 Å². The molecule has 74 valence electrons. The van der Waals surface area contributed by atoms with Crippen molar-refractivity contribution in [1.29, 1.82) is 0 Å². The summed E-state index contributed by atoms with van der Waals surface area (Å²) < 4.78 is 0.693. The highest BCUT2D eigenvalue weighted by Gasteiger charge is 2.12. The highest BCUT2D eigenvalue weighted by atomic mass is 79.9. The van der Waals surface area contributed by atoms with Gasteiger partial charge in [-0.3, -0.25) is 14.8 Å². The molecule has 0 saturated carbocycles. The quantitative estimate of drug-likeness (QED) is 0.781. The molecular weight excluding hydrogens is 256 g/mol. The van der Waals surface area contributed by atoms with Crippen molar-refractivity contribution in [3.63, 3.8) is 0 Å². The van der Waals surface area contributed by atoms with Crippen molar-refractivity contribution < 1.29 is 4.79 Å². The molecule has 0 aliphatic rings. The number of hydrogen-bond donors (Lipinski definition) is 0. The molecular formula is C11H7BrN2O. The van der Waals surface area contributed by atoms with Crippen molar-refractivity contribution in [2.24, 2.45) is 0 Å². The van der Waals surface area contributed by atoms with Gasteiger partial charge < -0.3 is 0 Å². The topological polar surface area (TPSA) is 42.9 Å². The summed E-state index contributed by atoms with van der Waals surface area (Å²) >= 11 is 3.29. The molecule has 0 spiro atoms. The minimum atomic E-state index is -0.129. The first-order chi connectivity index (χ1) is 7.29. The summed E-state index contributed by atoms with van der Waals surface area (Å²) in [5.74, 6) is -0.129. The Morgan fingerprint density at radius 3 is 2.67 bits per heavy atom. The lowest BCUT2D eigenvalue weighted by molar-refractivity contribution is 0.103. The average molecular weight is 263 g/mol. The smallest absolute Gasteiger partial charge is 0.214 e. The lowest BCUT2D eigenvalue weighted by Crippen LogP contribution is -2.04. The molecule has 0 fully saturated rings. The van der Waals surface area contributed by atoms with Crippen LogP contribution in [0, 0.1) is 0 Å². The Kier molecular flexibility index (Phi) is 2.87. The minimum absolute atomic E-state index is 0.129. The van der Waals surface area contributed by atoms with Crippen LogP contribution >= 0.6 is 15.9 Å². The van der Waals surface area contributed by atoms with Crippen LogP contribution in [0.15, 0.2) is 47.3 Å². The van der Waals surface area contributed by atoms with Gasteiger partial charge in [-0.05, 0) is 40.2 Å². The number of carbonyl (C=O) groups excluding carboxylic acids is 1. The number of nitrogens with zero attached hydrogens (tertiary/aromatic N) is 2. The van der Waals surface area contributed by atoms with Gasteiger partial charge in [0.1, 0.15) is 5.69 Å². The molecule has 4 heteroatoms. The first kappa shape index (κ1) is 9.98. The Bertz CT molecular complexity index is 485. The van der Waals surface area contributed by atoms with Gasteiger partial charge in [-0.15, -0.1) is 0 Å². The zero-order chi connectivity index (χ0) is 10.7. The van der Waals surface area contributed by atoms with Crippen molar-refractivity contribution in [1.82, 2.24) is 9.97 Å². The molecule has 2 aromatic heterocycles. The Hall–Kier alpha value is -1.55. The SMILES string of the molecule is O=C(c1cccnc1)c1ncccc1Br. The number of halogens is 1. The lowest BCUT2D eigenvalue weighted by atomic mass is 10.1. The summed E-state index contributed by atoms with van der Waals surface area (Å²) in [7, 11) is 0. The zero-order valence-corrected chi connectivity index (χ0v) is 9.31. The molecule has 0 amide bonds. The molecule has 0 N–H and O–H groups in total. The highest BCUT2D eigenvalue weighted by Crippen LogP contribution is 2.16. The normalized spacial score (nSPS) is 9.93. The number of pyridine rings is 2. The molecule has 0 saturated heterocycles. The van der Waals surface area contributed by atoms with Crippen molar-refractivity contribution in [3.05, 3.63) is 58.6 Å². The second kappa shape index (κ2) is 4.31. The fraction of sp³-hybridized carbons (Fsp3) is 0. The third kappa shape index (κ3) is 2.10. The molecule has 0 aliphatic carbocycles. The Morgan fingerprint density at radius 2 is 2.00 bits per heavy atom. The van der Waals surface area contributed by atoms with E-state index in [1.807, 2.05) is 0 Å². The van der Waals surface area contributed by atoms with Crippen LogP contribution in [0.1, 0.15) is 16.1 Å². The van der Waals surface area contributed by atoms with Gasteiger partial charge in [-0.2, -0.15) is 0 Å². The fourth-order valence-corrected chi connectivity index (χ4v) is 1.62. The van der Waals surface area contributed by atoms with E-state index < -0.39 is 0 Å². The molecule has 0 atom stereocenters. The lowest BCUT2D eigenvalue weighted by Gasteiger charge is -2.01. The Morgan fingerprint density at radius 1 is 1.20 bits per heavy atom. The van der Waals surface area contributed by atoms with Crippen LogP contribution in [0.2, 0.25) is 0 Å². The van der Waals surface area contributed by atoms with Gasteiger partial charge in [0.05, 0.1) is 0 Å². The van der Waals surface area contributed by atoms with Gasteiger partial charge in [0.25, 0.3) is 0 Å². The van der Waals surface area contributed by atoms with Crippen LogP contribution in [0.25, 0.3) is 0 Å². The summed E-state index contributed by atoms with van der Waals surface area (Å²) in [5.41, 5.74) is 0.947. The molecule has 0 radical (unpaired) electrons. The standard InChI is InChI=1S/C11H7BrN2O/c12-9-4-2-6-14-10(9)11(15)8-3-1-5-13-7-8/h1-7H. The maximum atomic E-state index is 11.9. The molecule has 2 aromatic rings. The van der Waals surface area contributed by atoms with E-state index in [9.17, 15) is 4.79 Å². The van der Waals surface area contributed by atoms with Crippen molar-refractivity contribution >= 4 is 21.7 Å². The first-order valence-electron chi connectivity index (χ1n) is 4.34. The Labute approximate surface area is 95.3 Å². The minimum Gasteiger partial charge on any atom is -0.287 e. The average Bonchev–Trinajstić information content (AvgIpc) is 2.30. The maximum Gasteiger partial charge on any atom is 0.214 e. The summed E-state index contributed by atoms with van der Waals surface area (Å²) in [6, 6.07) is 7.00. The van der Waals surface area contributed by atoms with Gasteiger partial charge >= 0.3 is 0 Å². The molecule has 2 heterocycles. The number of hydrogen-bond acceptors (Lipinski definition) is 3. The highest BCUT2D eigenvalue weighted by molar-refractivity contribution is 9.10. The molecule has 0 aromatic carbocycles. The third-order valence-corrected chi connectivity index (χ3v) is 2.54. The van der Waals surface area contributed by atoms with Crippen LogP contribution in [-0.2, 0) is 0 Å². The van der Waals surface area contributed by atoms with E-state index in [1.54, 1.807) is 36.7 Å². The second-order valence-corrected chi connectivity index (χ2v) is 3.76. The van der Waals surface area contributed by atoms with E-state index in [4.69, 9.17) is 0 Å². The molecule has 3 nitrogen and oxygen atoms in total. The van der Waals surface area contributed by atoms with Crippen molar-refractivity contribution in [3.8, 4) is 0 Å². The van der Waals surface area contributed by atoms with Crippen LogP contribution in [0.5, 0.6) is 0 Å². The van der Waals surface area contributed by atoms with E-state index in [-0.39, 0.29) is 5.78 Å². The van der Waals surface area contributed by atoms with Crippen LogP contribution in [-0.4, -0.2) is 15.8 Å². The van der Waals surface area contributed by atoms with Crippen LogP contribution in [0.3, 0.4) is 0 Å². The first-order valence-corrected chi connectivity index (χ1v) is 5.13. The zero-order valence-electron chi connectivity index (χ0n) is 7.72. The van der Waals surface area contributed by atoms with E-state index in [0.717, 1.165) is 0 Å². The molecule has 2 rings (SSSR count). The number of rotatable bonds is 2. The fourth-order valence-electron chi connectivity index (χ4n) is 1.19. The van der Waals surface area contributed by atoms with Gasteiger partial charge in [0.2, 0.25) is 5.78 Å². The summed E-state index contributed by atoms with van der Waals surface area (Å²) in [4.78, 5) is 19.9. The summed E-state index contributed by atoms with van der Waals surface area (Å²) in [5, 5.41) is 0. The van der Waals surface area contributed by atoms with E-state index in [2.05, 4.69) is 25.9 Å². The van der Waals surface area contributed by atoms with Crippen LogP contribution in [0.4, 0.5) is 0 Å². The van der Waals surface area contributed by atoms with Gasteiger partial charge in [0.15, 0.2) is 0 Å². The summed E-state index contributed by atoms with van der Waals surface area (Å²) in [6.07, 6.45) is 4.75. The largest absolute Gasteiger partial charge is 0.287 e. The third-order valence-electron chi connectivity index (χ3n) is 1.90. The van der Waals surface area contributed by atoms with Crippen LogP contribution < -0.4 is 0 Å². The Balaban J connectivity index is 2.42. The number of ketones is 1. The van der Waals surface area contributed by atoms with Gasteiger partial charge in [-0.25, -0.2) is 0 Å². The monoisotopic (exact) mass is 262 g/mol. The van der Waals surface area contributed by atoms with Crippen molar-refractivity contribution in [2.45, 2.75) is 0 Å².